The van der Waals surface area contributed by atoms with Crippen LogP contribution in [0, 0.1) is 0 Å². The zero-order chi connectivity index (χ0) is 13.5. The van der Waals surface area contributed by atoms with Gasteiger partial charge in [0.1, 0.15) is 11.0 Å². The number of nitrogen functional groups attached to an aromatic ring is 1. The molecule has 20 heavy (non-hydrogen) atoms. The largest absolute Gasteiger partial charge is 0.399 e. The first-order valence-corrected chi connectivity index (χ1v) is 7.35. The van der Waals surface area contributed by atoms with Crippen LogP contribution in [0.5, 0.6) is 0 Å². The Balaban J connectivity index is 1.88. The van der Waals surface area contributed by atoms with E-state index in [0.29, 0.717) is 5.69 Å². The second-order valence-corrected chi connectivity index (χ2v) is 5.78. The molecule has 0 amide bonds. The Morgan fingerprint density at radius 3 is 2.85 bits per heavy atom. The molecule has 8 heteroatoms. The van der Waals surface area contributed by atoms with E-state index in [9.17, 15) is 0 Å². The molecule has 0 aliphatic heterocycles. The van der Waals surface area contributed by atoms with E-state index in [0.717, 1.165) is 31.8 Å². The van der Waals surface area contributed by atoms with Gasteiger partial charge < -0.3 is 11.1 Å². The highest BCUT2D eigenvalue weighted by molar-refractivity contribution is 7.13. The maximum absolute atomic E-state index is 5.90. The van der Waals surface area contributed by atoms with Crippen LogP contribution in [-0.2, 0) is 0 Å². The first-order chi connectivity index (χ1) is 9.81. The molecular formula is C12H8N6S2. The Morgan fingerprint density at radius 2 is 1.90 bits per heavy atom. The number of nitrogens with two attached hydrogens (primary N) is 1. The van der Waals surface area contributed by atoms with Gasteiger partial charge >= 0.3 is 0 Å². The molecule has 3 N–H and O–H groups in total. The average Bonchev–Trinajstić information content (AvgIpc) is 3.06. The van der Waals surface area contributed by atoms with E-state index in [2.05, 4.69) is 24.5 Å². The number of anilines is 3. The van der Waals surface area contributed by atoms with Crippen molar-refractivity contribution >= 4 is 60.6 Å². The third-order valence-corrected chi connectivity index (χ3v) is 4.39. The normalized spacial score (nSPS) is 11.2. The summed E-state index contributed by atoms with van der Waals surface area (Å²) in [5.41, 5.74) is 9.98. The Kier molecular flexibility index (Phi) is 2.51. The van der Waals surface area contributed by atoms with Gasteiger partial charge in [-0.25, -0.2) is 0 Å². The molecule has 0 saturated heterocycles. The summed E-state index contributed by atoms with van der Waals surface area (Å²) in [7, 11) is 0. The summed E-state index contributed by atoms with van der Waals surface area (Å²) in [4.78, 5) is 0. The molecule has 0 fully saturated rings. The zero-order valence-corrected chi connectivity index (χ0v) is 11.7. The number of hydrogen-bond donors (Lipinski definition) is 2. The van der Waals surface area contributed by atoms with Crippen LogP contribution in [0.3, 0.4) is 0 Å². The van der Waals surface area contributed by atoms with Gasteiger partial charge in [0.2, 0.25) is 0 Å². The fourth-order valence-corrected chi connectivity index (χ4v) is 3.25. The lowest BCUT2D eigenvalue weighted by Gasteiger charge is -2.08. The number of nitrogens with zero attached hydrogens (tertiary/aromatic N) is 4. The van der Waals surface area contributed by atoms with Crippen molar-refractivity contribution in [2.45, 2.75) is 0 Å². The summed E-state index contributed by atoms with van der Waals surface area (Å²) >= 11 is 2.71. The van der Waals surface area contributed by atoms with Gasteiger partial charge in [0.05, 0.1) is 20.8 Å². The molecule has 98 valence electrons. The molecule has 2 aromatic heterocycles. The smallest absolute Gasteiger partial charge is 0.129 e. The first-order valence-electron chi connectivity index (χ1n) is 5.81. The van der Waals surface area contributed by atoms with Crippen LogP contribution in [0.1, 0.15) is 0 Å². The van der Waals surface area contributed by atoms with E-state index >= 15 is 0 Å². The molecule has 0 unspecified atom stereocenters. The van der Waals surface area contributed by atoms with Gasteiger partial charge in [-0.3, -0.25) is 0 Å². The monoisotopic (exact) mass is 300 g/mol. The van der Waals surface area contributed by atoms with E-state index in [-0.39, 0.29) is 0 Å². The third kappa shape index (κ3) is 1.77. The highest BCUT2D eigenvalue weighted by atomic mass is 32.1. The molecular weight excluding hydrogens is 292 g/mol. The van der Waals surface area contributed by atoms with Crippen molar-refractivity contribution in [3.8, 4) is 0 Å². The summed E-state index contributed by atoms with van der Waals surface area (Å²) in [6, 6.07) is 9.62. The minimum atomic E-state index is 0.649. The van der Waals surface area contributed by atoms with E-state index in [1.807, 2.05) is 30.3 Å². The lowest BCUT2D eigenvalue weighted by Crippen LogP contribution is -1.94. The lowest BCUT2D eigenvalue weighted by atomic mass is 10.2. The van der Waals surface area contributed by atoms with Crippen LogP contribution in [0.2, 0.25) is 0 Å². The maximum Gasteiger partial charge on any atom is 0.129 e. The Morgan fingerprint density at radius 1 is 1.00 bits per heavy atom. The van der Waals surface area contributed by atoms with Crippen LogP contribution in [0.4, 0.5) is 17.1 Å². The molecule has 4 aromatic rings. The number of nitrogens with one attached hydrogen (secondary N) is 1. The molecule has 0 saturated carbocycles. The number of aromatic nitrogens is 4. The number of rotatable bonds is 2. The predicted octanol–water partition coefficient (Wildman–Crippen LogP) is 3.02. The molecule has 4 rings (SSSR count). The highest BCUT2D eigenvalue weighted by Gasteiger charge is 2.10. The fraction of sp³-hybridized carbons (Fsp3) is 0. The summed E-state index contributed by atoms with van der Waals surface area (Å²) < 4.78 is 9.96. The lowest BCUT2D eigenvalue weighted by molar-refractivity contribution is 1.20. The summed E-state index contributed by atoms with van der Waals surface area (Å²) in [6.07, 6.45) is 0. The van der Waals surface area contributed by atoms with Crippen LogP contribution in [0.25, 0.3) is 20.4 Å². The van der Waals surface area contributed by atoms with Crippen molar-refractivity contribution in [1.82, 2.24) is 19.2 Å². The van der Waals surface area contributed by atoms with Crippen LogP contribution >= 0.6 is 23.1 Å². The van der Waals surface area contributed by atoms with E-state index in [4.69, 9.17) is 5.73 Å². The third-order valence-electron chi connectivity index (χ3n) is 2.92. The molecule has 0 aliphatic rings. The van der Waals surface area contributed by atoms with Gasteiger partial charge in [-0.15, -0.1) is 10.2 Å². The molecule has 6 nitrogen and oxygen atoms in total. The Labute approximate surface area is 121 Å². The summed E-state index contributed by atoms with van der Waals surface area (Å²) in [5.74, 6) is 0. The van der Waals surface area contributed by atoms with Crippen molar-refractivity contribution in [2.24, 2.45) is 0 Å². The second-order valence-electron chi connectivity index (χ2n) is 4.24. The highest BCUT2D eigenvalue weighted by Crippen LogP contribution is 2.33. The van der Waals surface area contributed by atoms with Crippen molar-refractivity contribution in [3.05, 3.63) is 30.3 Å². The van der Waals surface area contributed by atoms with Crippen molar-refractivity contribution in [1.29, 1.82) is 0 Å². The Hall–Kier alpha value is -2.32. The van der Waals surface area contributed by atoms with Crippen LogP contribution in [-0.4, -0.2) is 19.2 Å². The molecule has 0 aliphatic carbocycles. The molecule has 0 radical (unpaired) electrons. The molecule has 0 bridgehead atoms. The van der Waals surface area contributed by atoms with Gasteiger partial charge in [0, 0.05) is 5.69 Å². The minimum absolute atomic E-state index is 0.649. The van der Waals surface area contributed by atoms with E-state index in [1.165, 1.54) is 23.1 Å². The van der Waals surface area contributed by atoms with Crippen molar-refractivity contribution in [3.63, 3.8) is 0 Å². The van der Waals surface area contributed by atoms with Crippen LogP contribution in [0.15, 0.2) is 30.3 Å². The number of benzene rings is 2. The SMILES string of the molecule is Nc1cc(Nc2cccc3snnc23)c2snnc2c1. The fourth-order valence-electron chi connectivity index (χ4n) is 2.05. The van der Waals surface area contributed by atoms with Gasteiger partial charge in [-0.2, -0.15) is 0 Å². The van der Waals surface area contributed by atoms with Crippen molar-refractivity contribution in [2.75, 3.05) is 11.1 Å². The van der Waals surface area contributed by atoms with E-state index < -0.39 is 0 Å². The Bertz CT molecular complexity index is 913. The average molecular weight is 300 g/mol. The van der Waals surface area contributed by atoms with Gasteiger partial charge in [0.15, 0.2) is 0 Å². The molecule has 0 atom stereocenters. The van der Waals surface area contributed by atoms with Gasteiger partial charge in [-0.1, -0.05) is 15.0 Å². The standard InChI is InChI=1S/C12H8N6S2/c13-6-4-8(12-9(5-6)15-17-20-12)14-7-2-1-3-10-11(7)16-18-19-10/h1-5,14H,13H2. The topological polar surface area (TPSA) is 89.6 Å². The van der Waals surface area contributed by atoms with Gasteiger partial charge in [-0.05, 0) is 47.3 Å². The van der Waals surface area contributed by atoms with E-state index in [1.54, 1.807) is 0 Å². The van der Waals surface area contributed by atoms with Crippen LogP contribution < -0.4 is 11.1 Å². The zero-order valence-electron chi connectivity index (χ0n) is 10.1. The summed E-state index contributed by atoms with van der Waals surface area (Å²) in [5, 5.41) is 11.6. The number of fused-ring (bicyclic) bond motifs is 2. The summed E-state index contributed by atoms with van der Waals surface area (Å²) in [6.45, 7) is 0. The predicted molar refractivity (Wildman–Crippen MR) is 82.5 cm³/mol. The quantitative estimate of drug-likeness (QED) is 0.553. The maximum atomic E-state index is 5.90. The second kappa shape index (κ2) is 4.36. The number of hydrogen-bond acceptors (Lipinski definition) is 8. The van der Waals surface area contributed by atoms with Crippen molar-refractivity contribution < 1.29 is 0 Å². The molecule has 2 heterocycles. The first kappa shape index (κ1) is 11.5. The van der Waals surface area contributed by atoms with Gasteiger partial charge in [0.25, 0.3) is 0 Å². The molecule has 2 aromatic carbocycles. The minimum Gasteiger partial charge on any atom is -0.399 e. The molecule has 0 spiro atoms.